The average molecular weight is 376 g/mol. The molecule has 7 heteroatoms. The van der Waals surface area contributed by atoms with Crippen LogP contribution in [-0.4, -0.2) is 22.2 Å². The molecule has 4 aromatic rings. The predicted molar refractivity (Wildman–Crippen MR) is 105 cm³/mol. The summed E-state index contributed by atoms with van der Waals surface area (Å²) in [7, 11) is 1.65. The lowest BCUT2D eigenvalue weighted by atomic mass is 10.1. The minimum absolute atomic E-state index is 0.492. The standard InChI is InChI=1S/C21H20N4O3/c1-13-9-19(28-25-13)17-12-23-21(24-20(17)18-8-7-14(2)27-18)22-11-15-5-4-6-16(10-15)26-3/h4-10,12H,11H2,1-3H3,(H,22,23,24). The second-order valence-electron chi connectivity index (χ2n) is 6.40. The van der Waals surface area contributed by atoms with E-state index in [1.807, 2.05) is 56.3 Å². The fourth-order valence-electron chi connectivity index (χ4n) is 2.85. The monoisotopic (exact) mass is 376 g/mol. The van der Waals surface area contributed by atoms with Gasteiger partial charge >= 0.3 is 0 Å². The van der Waals surface area contributed by atoms with Crippen molar-refractivity contribution in [1.82, 2.24) is 15.1 Å². The molecule has 1 N–H and O–H groups in total. The molecule has 28 heavy (non-hydrogen) atoms. The minimum atomic E-state index is 0.492. The highest BCUT2D eigenvalue weighted by Crippen LogP contribution is 2.32. The molecule has 1 aromatic carbocycles. The van der Waals surface area contributed by atoms with E-state index in [0.717, 1.165) is 28.3 Å². The van der Waals surface area contributed by atoms with Crippen LogP contribution in [0.5, 0.6) is 5.75 Å². The molecule has 0 bridgehead atoms. The van der Waals surface area contributed by atoms with Crippen molar-refractivity contribution >= 4 is 5.95 Å². The maximum atomic E-state index is 5.79. The third kappa shape index (κ3) is 3.73. The van der Waals surface area contributed by atoms with E-state index in [0.29, 0.717) is 29.7 Å². The van der Waals surface area contributed by atoms with Gasteiger partial charge in [-0.15, -0.1) is 0 Å². The molecular formula is C21H20N4O3. The van der Waals surface area contributed by atoms with E-state index in [-0.39, 0.29) is 0 Å². The number of benzene rings is 1. The number of furan rings is 1. The Kier molecular flexibility index (Phi) is 4.80. The van der Waals surface area contributed by atoms with Crippen LogP contribution in [0.15, 0.2) is 57.6 Å². The van der Waals surface area contributed by atoms with Gasteiger partial charge in [-0.3, -0.25) is 0 Å². The molecule has 0 atom stereocenters. The first-order valence-electron chi connectivity index (χ1n) is 8.87. The summed E-state index contributed by atoms with van der Waals surface area (Å²) in [5, 5.41) is 7.21. The van der Waals surface area contributed by atoms with E-state index < -0.39 is 0 Å². The molecule has 3 heterocycles. The molecule has 0 aliphatic carbocycles. The van der Waals surface area contributed by atoms with Crippen LogP contribution in [0.1, 0.15) is 17.0 Å². The molecule has 7 nitrogen and oxygen atoms in total. The number of methoxy groups -OCH3 is 1. The third-order valence-corrected chi connectivity index (χ3v) is 4.24. The molecule has 0 radical (unpaired) electrons. The Hall–Kier alpha value is -3.61. The first-order chi connectivity index (χ1) is 13.6. The average Bonchev–Trinajstić information content (AvgIpc) is 3.34. The van der Waals surface area contributed by atoms with Crippen LogP contribution in [0.25, 0.3) is 22.8 Å². The van der Waals surface area contributed by atoms with Crippen molar-refractivity contribution in [1.29, 1.82) is 0 Å². The van der Waals surface area contributed by atoms with Gasteiger partial charge in [0.1, 0.15) is 17.2 Å². The SMILES string of the molecule is COc1cccc(CNc2ncc(-c3cc(C)no3)c(-c3ccc(C)o3)n2)c1. The van der Waals surface area contributed by atoms with E-state index >= 15 is 0 Å². The molecule has 0 amide bonds. The van der Waals surface area contributed by atoms with Gasteiger partial charge in [-0.05, 0) is 43.7 Å². The molecule has 0 unspecified atom stereocenters. The predicted octanol–water partition coefficient (Wildman–Crippen LogP) is 4.63. The second-order valence-corrected chi connectivity index (χ2v) is 6.40. The number of hydrogen-bond donors (Lipinski definition) is 1. The number of aromatic nitrogens is 3. The smallest absolute Gasteiger partial charge is 0.223 e. The Morgan fingerprint density at radius 1 is 1.07 bits per heavy atom. The molecule has 0 aliphatic heterocycles. The Labute approximate surface area is 162 Å². The maximum Gasteiger partial charge on any atom is 0.223 e. The van der Waals surface area contributed by atoms with Crippen LogP contribution in [0, 0.1) is 13.8 Å². The van der Waals surface area contributed by atoms with E-state index in [4.69, 9.17) is 13.7 Å². The highest BCUT2D eigenvalue weighted by Gasteiger charge is 2.17. The highest BCUT2D eigenvalue weighted by molar-refractivity contribution is 5.76. The topological polar surface area (TPSA) is 86.2 Å². The van der Waals surface area contributed by atoms with E-state index in [1.54, 1.807) is 13.3 Å². The molecule has 3 aromatic heterocycles. The van der Waals surface area contributed by atoms with Crippen LogP contribution in [0.4, 0.5) is 5.95 Å². The second kappa shape index (κ2) is 7.56. The molecule has 142 valence electrons. The molecule has 4 rings (SSSR count). The van der Waals surface area contributed by atoms with Crippen LogP contribution in [0.3, 0.4) is 0 Å². The van der Waals surface area contributed by atoms with Crippen molar-refractivity contribution in [3.63, 3.8) is 0 Å². The number of nitrogens with zero attached hydrogens (tertiary/aromatic N) is 3. The quantitative estimate of drug-likeness (QED) is 0.525. The number of rotatable bonds is 6. The van der Waals surface area contributed by atoms with Crippen molar-refractivity contribution < 1.29 is 13.7 Å². The summed E-state index contributed by atoms with van der Waals surface area (Å²) < 4.78 is 16.5. The normalized spacial score (nSPS) is 10.8. The van der Waals surface area contributed by atoms with Gasteiger partial charge in [-0.1, -0.05) is 17.3 Å². The van der Waals surface area contributed by atoms with Gasteiger partial charge in [-0.2, -0.15) is 0 Å². The van der Waals surface area contributed by atoms with Crippen molar-refractivity contribution in [2.75, 3.05) is 12.4 Å². The Bertz CT molecular complexity index is 1100. The number of aryl methyl sites for hydroxylation is 2. The zero-order valence-electron chi connectivity index (χ0n) is 15.9. The van der Waals surface area contributed by atoms with Crippen LogP contribution < -0.4 is 10.1 Å². The van der Waals surface area contributed by atoms with Crippen molar-refractivity contribution in [2.45, 2.75) is 20.4 Å². The summed E-state index contributed by atoms with van der Waals surface area (Å²) in [5.74, 6) is 3.35. The largest absolute Gasteiger partial charge is 0.497 e. The van der Waals surface area contributed by atoms with Crippen LogP contribution in [0.2, 0.25) is 0 Å². The highest BCUT2D eigenvalue weighted by atomic mass is 16.5. The molecule has 0 fully saturated rings. The fourth-order valence-corrected chi connectivity index (χ4v) is 2.85. The van der Waals surface area contributed by atoms with E-state index in [1.165, 1.54) is 0 Å². The third-order valence-electron chi connectivity index (χ3n) is 4.24. The van der Waals surface area contributed by atoms with Crippen molar-refractivity contribution in [3.05, 3.63) is 65.7 Å². The van der Waals surface area contributed by atoms with Gasteiger partial charge in [0.15, 0.2) is 11.5 Å². The summed E-state index contributed by atoms with van der Waals surface area (Å²) in [6.45, 7) is 4.33. The number of ether oxygens (including phenoxy) is 1. The molecule has 0 aliphatic rings. The minimum Gasteiger partial charge on any atom is -0.497 e. The van der Waals surface area contributed by atoms with Gasteiger partial charge < -0.3 is 19.0 Å². The van der Waals surface area contributed by atoms with Crippen LogP contribution >= 0.6 is 0 Å². The van der Waals surface area contributed by atoms with Gasteiger partial charge in [0.25, 0.3) is 0 Å². The summed E-state index contributed by atoms with van der Waals surface area (Å²) in [4.78, 5) is 9.10. The Balaban J connectivity index is 1.65. The summed E-state index contributed by atoms with van der Waals surface area (Å²) in [6, 6.07) is 13.5. The van der Waals surface area contributed by atoms with Gasteiger partial charge in [0.05, 0.1) is 18.4 Å². The van der Waals surface area contributed by atoms with E-state index in [9.17, 15) is 0 Å². The molecular weight excluding hydrogens is 356 g/mol. The maximum absolute atomic E-state index is 5.79. The zero-order chi connectivity index (χ0) is 19.5. The summed E-state index contributed by atoms with van der Waals surface area (Å²) in [6.07, 6.45) is 1.72. The number of anilines is 1. The number of hydrogen-bond acceptors (Lipinski definition) is 7. The van der Waals surface area contributed by atoms with Gasteiger partial charge in [0, 0.05) is 18.8 Å². The lowest BCUT2D eigenvalue weighted by molar-refractivity contribution is 0.414. The first-order valence-corrected chi connectivity index (χ1v) is 8.87. The molecule has 0 saturated heterocycles. The summed E-state index contributed by atoms with van der Waals surface area (Å²) >= 11 is 0. The molecule has 0 saturated carbocycles. The summed E-state index contributed by atoms with van der Waals surface area (Å²) in [5.41, 5.74) is 3.22. The van der Waals surface area contributed by atoms with Crippen LogP contribution in [-0.2, 0) is 6.54 Å². The lowest BCUT2D eigenvalue weighted by Crippen LogP contribution is -2.05. The zero-order valence-corrected chi connectivity index (χ0v) is 15.9. The Morgan fingerprint density at radius 3 is 2.68 bits per heavy atom. The first kappa shape index (κ1) is 17.8. The Morgan fingerprint density at radius 2 is 1.96 bits per heavy atom. The van der Waals surface area contributed by atoms with Gasteiger partial charge in [-0.25, -0.2) is 9.97 Å². The van der Waals surface area contributed by atoms with E-state index in [2.05, 4.69) is 20.4 Å². The number of nitrogens with one attached hydrogen (secondary N) is 1. The van der Waals surface area contributed by atoms with Crippen molar-refractivity contribution in [3.8, 4) is 28.5 Å². The molecule has 0 spiro atoms. The lowest BCUT2D eigenvalue weighted by Gasteiger charge is -2.09. The fraction of sp³-hybridized carbons (Fsp3) is 0.190. The van der Waals surface area contributed by atoms with Gasteiger partial charge in [0.2, 0.25) is 5.95 Å². The van der Waals surface area contributed by atoms with Crippen molar-refractivity contribution in [2.24, 2.45) is 0 Å².